The largest absolute Gasteiger partial charge is 0.497 e. The number of aliphatic hydroxyl groups is 1. The van der Waals surface area contributed by atoms with Crippen LogP contribution in [0.3, 0.4) is 0 Å². The van der Waals surface area contributed by atoms with Crippen LogP contribution in [0.2, 0.25) is 0 Å². The molecule has 156 valence electrons. The highest BCUT2D eigenvalue weighted by Crippen LogP contribution is 2.36. The van der Waals surface area contributed by atoms with Crippen LogP contribution in [0.15, 0.2) is 65.6 Å². The molecule has 1 aliphatic carbocycles. The quantitative estimate of drug-likeness (QED) is 0.449. The lowest BCUT2D eigenvalue weighted by atomic mass is 9.83. The van der Waals surface area contributed by atoms with Crippen molar-refractivity contribution >= 4 is 34.9 Å². The Kier molecular flexibility index (Phi) is 5.88. The van der Waals surface area contributed by atoms with Gasteiger partial charge < -0.3 is 15.2 Å². The third kappa shape index (κ3) is 3.85. The van der Waals surface area contributed by atoms with Gasteiger partial charge in [-0.05, 0) is 36.4 Å². The van der Waals surface area contributed by atoms with Crippen LogP contribution in [0.25, 0.3) is 0 Å². The molecule has 4 rings (SSSR count). The van der Waals surface area contributed by atoms with E-state index in [1.54, 1.807) is 61.7 Å². The van der Waals surface area contributed by atoms with Gasteiger partial charge in [0.05, 0.1) is 19.3 Å². The molecule has 0 saturated carbocycles. The highest BCUT2D eigenvalue weighted by molar-refractivity contribution is 7.99. The molecule has 0 fully saturated rings. The molecule has 2 N–H and O–H groups in total. The predicted octanol–water partition coefficient (Wildman–Crippen LogP) is 3.81. The summed E-state index contributed by atoms with van der Waals surface area (Å²) in [7, 11) is 1.56. The minimum atomic E-state index is -0.410. The van der Waals surface area contributed by atoms with Crippen molar-refractivity contribution in [2.45, 2.75) is 4.90 Å². The molecule has 7 heteroatoms. The number of hydrogen-bond acceptors (Lipinski definition) is 6. The average Bonchev–Trinajstić information content (AvgIpc) is 2.81. The molecule has 3 aromatic rings. The highest BCUT2D eigenvalue weighted by atomic mass is 32.2. The van der Waals surface area contributed by atoms with Crippen molar-refractivity contribution in [1.82, 2.24) is 0 Å². The van der Waals surface area contributed by atoms with Crippen molar-refractivity contribution in [2.24, 2.45) is 0 Å². The van der Waals surface area contributed by atoms with Crippen molar-refractivity contribution in [2.75, 3.05) is 24.8 Å². The van der Waals surface area contributed by atoms with E-state index in [0.29, 0.717) is 27.5 Å². The van der Waals surface area contributed by atoms with Gasteiger partial charge in [0.2, 0.25) is 0 Å². The maximum atomic E-state index is 13.3. The zero-order valence-corrected chi connectivity index (χ0v) is 17.5. The van der Waals surface area contributed by atoms with E-state index in [-0.39, 0.29) is 40.6 Å². The summed E-state index contributed by atoms with van der Waals surface area (Å²) in [5.74, 6) is -0.0216. The Morgan fingerprint density at radius 1 is 0.935 bits per heavy atom. The number of thioether (sulfide) groups is 1. The Morgan fingerprint density at radius 3 is 2.26 bits per heavy atom. The van der Waals surface area contributed by atoms with Crippen LogP contribution in [-0.4, -0.2) is 42.0 Å². The van der Waals surface area contributed by atoms with Gasteiger partial charge in [-0.1, -0.05) is 24.3 Å². The summed E-state index contributed by atoms with van der Waals surface area (Å²) in [6, 6.07) is 16.6. The Bertz CT molecular complexity index is 1190. The summed E-state index contributed by atoms with van der Waals surface area (Å²) in [6.07, 6.45) is 0. The van der Waals surface area contributed by atoms with Crippen molar-refractivity contribution in [1.29, 1.82) is 0 Å². The van der Waals surface area contributed by atoms with Gasteiger partial charge >= 0.3 is 0 Å². The Balaban J connectivity index is 1.77. The summed E-state index contributed by atoms with van der Waals surface area (Å²) in [5.41, 5.74) is 1.99. The number of benzene rings is 3. The summed E-state index contributed by atoms with van der Waals surface area (Å²) >= 11 is 1.18. The first-order valence-corrected chi connectivity index (χ1v) is 10.6. The van der Waals surface area contributed by atoms with Crippen LogP contribution < -0.4 is 10.1 Å². The Labute approximate surface area is 183 Å². The van der Waals surface area contributed by atoms with E-state index in [0.717, 1.165) is 0 Å². The fraction of sp³-hybridized carbons (Fsp3) is 0.125. The summed E-state index contributed by atoms with van der Waals surface area (Å²) in [5, 5.41) is 12.1. The fourth-order valence-electron chi connectivity index (χ4n) is 3.51. The van der Waals surface area contributed by atoms with Crippen molar-refractivity contribution < 1.29 is 24.2 Å². The molecule has 0 atom stereocenters. The molecule has 0 heterocycles. The molecule has 0 saturated heterocycles. The highest BCUT2D eigenvalue weighted by Gasteiger charge is 2.33. The molecule has 31 heavy (non-hydrogen) atoms. The lowest BCUT2D eigenvalue weighted by molar-refractivity contribution is 0.0975. The molecule has 3 aromatic carbocycles. The standard InChI is InChI=1S/C24H19NO5S/c1-30-15-8-6-14(7-9-15)25-24(29)19-11-10-18-20(23(19)31-13-12-26)22(28)17-5-3-2-4-16(17)21(18)27/h2-11,26H,12-13H2,1H3,(H,25,29). The molecule has 6 nitrogen and oxygen atoms in total. The number of rotatable bonds is 6. The average molecular weight is 433 g/mol. The second-order valence-electron chi connectivity index (χ2n) is 6.82. The van der Waals surface area contributed by atoms with Crippen LogP contribution >= 0.6 is 11.8 Å². The number of ketones is 2. The first-order valence-electron chi connectivity index (χ1n) is 9.59. The Hall–Kier alpha value is -3.42. The van der Waals surface area contributed by atoms with E-state index in [1.807, 2.05) is 0 Å². The number of fused-ring (bicyclic) bond motifs is 2. The SMILES string of the molecule is COc1ccc(NC(=O)c2ccc3c(c2SCCO)C(=O)c2ccccc2C3=O)cc1. The zero-order chi connectivity index (χ0) is 22.0. The first kappa shape index (κ1) is 20.8. The van der Waals surface area contributed by atoms with Crippen LogP contribution in [0.5, 0.6) is 5.75 Å². The molecular formula is C24H19NO5S. The summed E-state index contributed by atoms with van der Waals surface area (Å²) in [6.45, 7) is -0.132. The number of methoxy groups -OCH3 is 1. The maximum absolute atomic E-state index is 13.3. The van der Waals surface area contributed by atoms with E-state index in [2.05, 4.69) is 5.32 Å². The van der Waals surface area contributed by atoms with Gasteiger partial charge in [-0.2, -0.15) is 0 Å². The van der Waals surface area contributed by atoms with Crippen LogP contribution in [0.1, 0.15) is 42.2 Å². The Morgan fingerprint density at radius 2 is 1.61 bits per heavy atom. The van der Waals surface area contributed by atoms with Crippen LogP contribution in [0.4, 0.5) is 5.69 Å². The van der Waals surface area contributed by atoms with Gasteiger partial charge in [0.15, 0.2) is 11.6 Å². The van der Waals surface area contributed by atoms with Gasteiger partial charge in [-0.15, -0.1) is 11.8 Å². The van der Waals surface area contributed by atoms with Crippen molar-refractivity contribution in [3.63, 3.8) is 0 Å². The number of nitrogens with one attached hydrogen (secondary N) is 1. The minimum Gasteiger partial charge on any atom is -0.497 e. The number of aliphatic hydroxyl groups excluding tert-OH is 1. The van der Waals surface area contributed by atoms with E-state index >= 15 is 0 Å². The lowest BCUT2D eigenvalue weighted by Crippen LogP contribution is -2.24. The lowest BCUT2D eigenvalue weighted by Gasteiger charge is -2.22. The van der Waals surface area contributed by atoms with Gasteiger partial charge in [-0.25, -0.2) is 0 Å². The van der Waals surface area contributed by atoms with E-state index < -0.39 is 5.91 Å². The molecule has 1 aliphatic rings. The third-order valence-corrected chi connectivity index (χ3v) is 6.08. The van der Waals surface area contributed by atoms with Crippen LogP contribution in [0, 0.1) is 0 Å². The van der Waals surface area contributed by atoms with Gasteiger partial charge in [-0.3, -0.25) is 14.4 Å². The monoisotopic (exact) mass is 433 g/mol. The van der Waals surface area contributed by atoms with Crippen molar-refractivity contribution in [3.8, 4) is 5.75 Å². The number of carbonyl (C=O) groups is 3. The van der Waals surface area contributed by atoms with Gasteiger partial charge in [0.25, 0.3) is 5.91 Å². The van der Waals surface area contributed by atoms with Gasteiger partial charge in [0, 0.05) is 38.6 Å². The molecule has 0 aromatic heterocycles. The molecular weight excluding hydrogens is 414 g/mol. The first-order chi connectivity index (χ1) is 15.0. The third-order valence-electron chi connectivity index (χ3n) is 4.98. The number of ether oxygens (including phenoxy) is 1. The number of amides is 1. The van der Waals surface area contributed by atoms with E-state index in [4.69, 9.17) is 4.74 Å². The number of hydrogen-bond donors (Lipinski definition) is 2. The molecule has 1 amide bonds. The van der Waals surface area contributed by atoms with Gasteiger partial charge in [0.1, 0.15) is 5.75 Å². The second-order valence-corrected chi connectivity index (χ2v) is 7.93. The van der Waals surface area contributed by atoms with E-state index in [9.17, 15) is 19.5 Å². The smallest absolute Gasteiger partial charge is 0.256 e. The fourth-order valence-corrected chi connectivity index (χ4v) is 4.46. The molecule has 0 bridgehead atoms. The van der Waals surface area contributed by atoms with Crippen LogP contribution in [-0.2, 0) is 0 Å². The summed E-state index contributed by atoms with van der Waals surface area (Å²) in [4.78, 5) is 39.7. The number of carbonyl (C=O) groups excluding carboxylic acids is 3. The van der Waals surface area contributed by atoms with E-state index in [1.165, 1.54) is 17.8 Å². The molecule has 0 radical (unpaired) electrons. The van der Waals surface area contributed by atoms with Crippen molar-refractivity contribution in [3.05, 3.63) is 88.5 Å². The number of anilines is 1. The zero-order valence-electron chi connectivity index (χ0n) is 16.7. The topological polar surface area (TPSA) is 92.7 Å². The second kappa shape index (κ2) is 8.75. The molecule has 0 unspecified atom stereocenters. The predicted molar refractivity (Wildman–Crippen MR) is 119 cm³/mol. The minimum absolute atomic E-state index is 0.132. The normalized spacial score (nSPS) is 12.2. The summed E-state index contributed by atoms with van der Waals surface area (Å²) < 4.78 is 5.13. The maximum Gasteiger partial charge on any atom is 0.256 e. The molecule has 0 spiro atoms. The molecule has 0 aliphatic heterocycles.